The van der Waals surface area contributed by atoms with Crippen molar-refractivity contribution >= 4 is 29.7 Å². The first-order valence-corrected chi connectivity index (χ1v) is 6.10. The average Bonchev–Trinajstić information content (AvgIpc) is 2.33. The molecule has 20 heavy (non-hydrogen) atoms. The summed E-state index contributed by atoms with van der Waals surface area (Å²) < 4.78 is 5.26. The molecule has 0 atom stereocenters. The van der Waals surface area contributed by atoms with Gasteiger partial charge in [0.15, 0.2) is 0 Å². The quantitative estimate of drug-likeness (QED) is 0.658. The van der Waals surface area contributed by atoms with Crippen LogP contribution in [0, 0.1) is 5.41 Å². The monoisotopic (exact) mass is 297 g/mol. The van der Waals surface area contributed by atoms with Crippen LogP contribution in [0.5, 0.6) is 0 Å². The van der Waals surface area contributed by atoms with Crippen molar-refractivity contribution in [2.75, 3.05) is 4.90 Å². The van der Waals surface area contributed by atoms with Gasteiger partial charge in [-0.15, -0.1) is 0 Å². The van der Waals surface area contributed by atoms with Gasteiger partial charge in [0.05, 0.1) is 5.70 Å². The van der Waals surface area contributed by atoms with Crippen LogP contribution < -0.4 is 10.6 Å². The summed E-state index contributed by atoms with van der Waals surface area (Å²) in [7, 11) is 0. The maximum Gasteiger partial charge on any atom is 0.420 e. The molecule has 0 fully saturated rings. The maximum atomic E-state index is 12.2. The number of anilines is 1. The van der Waals surface area contributed by atoms with Gasteiger partial charge in [-0.05, 0) is 32.4 Å². The number of carbonyl (C=O) groups is 1. The van der Waals surface area contributed by atoms with Gasteiger partial charge in [-0.1, -0.05) is 0 Å². The van der Waals surface area contributed by atoms with Gasteiger partial charge in [0.25, 0.3) is 0 Å². The van der Waals surface area contributed by atoms with E-state index in [1.165, 1.54) is 12.3 Å². The molecule has 8 heteroatoms. The van der Waals surface area contributed by atoms with Crippen LogP contribution in [0.25, 0.3) is 0 Å². The number of hydrogen-bond acceptors (Lipinski definition) is 6. The standard InChI is InChI=1S/C12H16ClN5O2/c1-12(2,3)20-11(19)18(8(6-14)7-15)9-4-5-16-10(13)17-9/h4-7,14H,15H2,1-3H3/b8-7+,14-6?. The number of nitrogens with zero attached hydrogens (tertiary/aromatic N) is 3. The summed E-state index contributed by atoms with van der Waals surface area (Å²) in [4.78, 5) is 20.9. The third-order valence-electron chi connectivity index (χ3n) is 1.99. The summed E-state index contributed by atoms with van der Waals surface area (Å²) in [5.74, 6) is 0.166. The van der Waals surface area contributed by atoms with Crippen LogP contribution in [0.15, 0.2) is 24.2 Å². The fraction of sp³-hybridized carbons (Fsp3) is 0.333. The summed E-state index contributed by atoms with van der Waals surface area (Å²) in [5.41, 5.74) is 4.83. The molecule has 0 radical (unpaired) electrons. The summed E-state index contributed by atoms with van der Waals surface area (Å²) >= 11 is 5.71. The Labute approximate surface area is 121 Å². The SMILES string of the molecule is CC(C)(C)OC(=O)N(/C(C=N)=C/N)c1ccnc(Cl)n1. The highest BCUT2D eigenvalue weighted by Crippen LogP contribution is 2.20. The summed E-state index contributed by atoms with van der Waals surface area (Å²) in [6.45, 7) is 5.19. The minimum absolute atomic E-state index is 0.0302. The van der Waals surface area contributed by atoms with E-state index < -0.39 is 11.7 Å². The van der Waals surface area contributed by atoms with E-state index in [1.54, 1.807) is 20.8 Å². The largest absolute Gasteiger partial charge is 0.443 e. The second-order valence-corrected chi connectivity index (χ2v) is 5.07. The van der Waals surface area contributed by atoms with Crippen molar-refractivity contribution in [1.82, 2.24) is 9.97 Å². The predicted molar refractivity (Wildman–Crippen MR) is 76.8 cm³/mol. The first-order chi connectivity index (χ1) is 9.28. The summed E-state index contributed by atoms with van der Waals surface area (Å²) in [5, 5.41) is 7.29. The topological polar surface area (TPSA) is 105 Å². The highest BCUT2D eigenvalue weighted by atomic mass is 35.5. The van der Waals surface area contributed by atoms with Crippen LogP contribution in [0.2, 0.25) is 5.28 Å². The van der Waals surface area contributed by atoms with Gasteiger partial charge >= 0.3 is 6.09 Å². The molecule has 0 aliphatic heterocycles. The van der Waals surface area contributed by atoms with Crippen LogP contribution in [0.3, 0.4) is 0 Å². The van der Waals surface area contributed by atoms with Crippen molar-refractivity contribution in [2.45, 2.75) is 26.4 Å². The number of carbonyl (C=O) groups excluding carboxylic acids is 1. The lowest BCUT2D eigenvalue weighted by atomic mass is 10.2. The lowest BCUT2D eigenvalue weighted by molar-refractivity contribution is 0.0593. The third-order valence-corrected chi connectivity index (χ3v) is 2.18. The molecule has 1 aromatic rings. The van der Waals surface area contributed by atoms with Gasteiger partial charge < -0.3 is 15.9 Å². The number of amides is 1. The van der Waals surface area contributed by atoms with E-state index in [1.807, 2.05) is 0 Å². The number of halogens is 1. The second-order valence-electron chi connectivity index (χ2n) is 4.74. The van der Waals surface area contributed by atoms with Crippen LogP contribution in [-0.2, 0) is 4.74 Å². The van der Waals surface area contributed by atoms with E-state index >= 15 is 0 Å². The van der Waals surface area contributed by atoms with Gasteiger partial charge in [-0.25, -0.2) is 14.7 Å². The lowest BCUT2D eigenvalue weighted by Crippen LogP contribution is -2.37. The number of rotatable bonds is 3. The molecule has 1 aromatic heterocycles. The highest BCUT2D eigenvalue weighted by molar-refractivity contribution is 6.28. The van der Waals surface area contributed by atoms with Crippen molar-refractivity contribution in [3.63, 3.8) is 0 Å². The molecule has 1 heterocycles. The van der Waals surface area contributed by atoms with Crippen LogP contribution >= 0.6 is 11.6 Å². The van der Waals surface area contributed by atoms with Crippen LogP contribution in [-0.4, -0.2) is 27.9 Å². The number of nitrogens with one attached hydrogen (secondary N) is 1. The fourth-order valence-corrected chi connectivity index (χ4v) is 1.42. The number of allylic oxidation sites excluding steroid dienone is 1. The Morgan fingerprint density at radius 2 is 2.20 bits per heavy atom. The Morgan fingerprint density at radius 3 is 2.65 bits per heavy atom. The molecule has 0 aliphatic rings. The Kier molecular flexibility index (Phi) is 5.04. The van der Waals surface area contributed by atoms with Gasteiger partial charge in [-0.3, -0.25) is 0 Å². The summed E-state index contributed by atoms with van der Waals surface area (Å²) in [6, 6.07) is 1.46. The number of nitrogens with two attached hydrogens (primary N) is 1. The predicted octanol–water partition coefficient (Wildman–Crippen LogP) is 2.32. The van der Waals surface area contributed by atoms with Gasteiger partial charge in [0, 0.05) is 24.7 Å². The molecule has 3 N–H and O–H groups in total. The Bertz CT molecular complexity index is 539. The van der Waals surface area contributed by atoms with E-state index in [0.717, 1.165) is 17.3 Å². The molecule has 7 nitrogen and oxygen atoms in total. The number of ether oxygens (including phenoxy) is 1. The molecular weight excluding hydrogens is 282 g/mol. The van der Waals surface area contributed by atoms with Crippen molar-refractivity contribution in [3.8, 4) is 0 Å². The van der Waals surface area contributed by atoms with Gasteiger partial charge in [-0.2, -0.15) is 4.98 Å². The minimum atomic E-state index is -0.715. The Balaban J connectivity index is 3.22. The first-order valence-electron chi connectivity index (χ1n) is 5.72. The van der Waals surface area contributed by atoms with E-state index in [9.17, 15) is 4.79 Å². The molecule has 1 amide bonds. The van der Waals surface area contributed by atoms with Gasteiger partial charge in [0.2, 0.25) is 5.28 Å². The molecule has 1 rings (SSSR count). The zero-order valence-corrected chi connectivity index (χ0v) is 12.2. The average molecular weight is 298 g/mol. The molecule has 0 aliphatic carbocycles. The fourth-order valence-electron chi connectivity index (χ4n) is 1.28. The van der Waals surface area contributed by atoms with E-state index in [-0.39, 0.29) is 16.8 Å². The number of aromatic nitrogens is 2. The van der Waals surface area contributed by atoms with E-state index in [4.69, 9.17) is 27.5 Å². The highest BCUT2D eigenvalue weighted by Gasteiger charge is 2.26. The van der Waals surface area contributed by atoms with E-state index in [0.29, 0.717) is 0 Å². The molecule has 108 valence electrons. The van der Waals surface area contributed by atoms with Crippen molar-refractivity contribution in [1.29, 1.82) is 5.41 Å². The smallest absolute Gasteiger partial charge is 0.420 e. The molecule has 0 aromatic carbocycles. The van der Waals surface area contributed by atoms with Crippen molar-refractivity contribution < 1.29 is 9.53 Å². The van der Waals surface area contributed by atoms with Crippen molar-refractivity contribution in [3.05, 3.63) is 29.4 Å². The summed E-state index contributed by atoms with van der Waals surface area (Å²) in [6.07, 6.45) is 2.69. The Hall–Kier alpha value is -2.15. The maximum absolute atomic E-state index is 12.2. The number of hydrogen-bond donors (Lipinski definition) is 2. The normalized spacial score (nSPS) is 11.9. The molecule has 0 saturated carbocycles. The molecule has 0 unspecified atom stereocenters. The van der Waals surface area contributed by atoms with Crippen molar-refractivity contribution in [2.24, 2.45) is 5.73 Å². The van der Waals surface area contributed by atoms with Crippen LogP contribution in [0.4, 0.5) is 10.6 Å². The molecule has 0 spiro atoms. The Morgan fingerprint density at radius 1 is 1.55 bits per heavy atom. The first kappa shape index (κ1) is 15.9. The van der Waals surface area contributed by atoms with Gasteiger partial charge in [0.1, 0.15) is 11.4 Å². The zero-order chi connectivity index (χ0) is 15.3. The molecule has 0 saturated heterocycles. The van der Waals surface area contributed by atoms with E-state index in [2.05, 4.69) is 9.97 Å². The minimum Gasteiger partial charge on any atom is -0.443 e. The third kappa shape index (κ3) is 4.20. The second kappa shape index (κ2) is 6.33. The molecular formula is C12H16ClN5O2. The zero-order valence-electron chi connectivity index (χ0n) is 11.4. The lowest BCUT2D eigenvalue weighted by Gasteiger charge is -2.26. The van der Waals surface area contributed by atoms with Crippen LogP contribution in [0.1, 0.15) is 20.8 Å². The molecule has 0 bridgehead atoms.